The Morgan fingerprint density at radius 2 is 0.891 bits per heavy atom. The summed E-state index contributed by atoms with van der Waals surface area (Å²) in [5, 5.41) is 44.2. The minimum absolute atomic E-state index is 0.442. The monoisotopic (exact) mass is 584 g/mol. The summed E-state index contributed by atoms with van der Waals surface area (Å²) in [7, 11) is 0. The summed E-state index contributed by atoms with van der Waals surface area (Å²) in [5.41, 5.74) is 8.38. The third-order valence-corrected chi connectivity index (χ3v) is 8.65. The van der Waals surface area contributed by atoms with Crippen molar-refractivity contribution >= 4 is 43.6 Å². The number of para-hydroxylation sites is 2. The van der Waals surface area contributed by atoms with Gasteiger partial charge in [-0.15, -0.1) is 0 Å². The van der Waals surface area contributed by atoms with E-state index in [2.05, 4.69) is 33.4 Å². The number of hydrogen-bond donors (Lipinski definition) is 0. The van der Waals surface area contributed by atoms with Crippen molar-refractivity contribution in [2.45, 2.75) is 0 Å². The molecule has 0 bridgehead atoms. The molecule has 0 N–H and O–H groups in total. The quantitative estimate of drug-likeness (QED) is 0.207. The molecule has 6 heteroatoms. The standard InChI is InChI=1S/C40H20N6/c41-21-25-13-15-37-32(17-25)30-9-3-5-11-35(30)45(37)39-19-28(29-8-2-1-7-27(29)23-43)20-40(34(39)24-44)46-36-12-6-4-10-31(36)33-18-26(22-42)14-16-38(33)46/h1-20H. The zero-order valence-corrected chi connectivity index (χ0v) is 24.2. The van der Waals surface area contributed by atoms with Crippen molar-refractivity contribution < 1.29 is 0 Å². The molecule has 0 aliphatic carbocycles. The van der Waals surface area contributed by atoms with Gasteiger partial charge in [0.1, 0.15) is 11.6 Å². The van der Waals surface area contributed by atoms with E-state index in [0.29, 0.717) is 33.6 Å². The second-order valence-corrected chi connectivity index (χ2v) is 11.1. The Labute approximate surface area is 263 Å². The molecule has 46 heavy (non-hydrogen) atoms. The molecule has 8 rings (SSSR count). The van der Waals surface area contributed by atoms with Crippen LogP contribution in [0.4, 0.5) is 0 Å². The summed E-state index contributed by atoms with van der Waals surface area (Å²) in [6, 6.07) is 47.9. The van der Waals surface area contributed by atoms with Crippen molar-refractivity contribution in [3.8, 4) is 46.8 Å². The van der Waals surface area contributed by atoms with E-state index in [1.165, 1.54) is 0 Å². The molecule has 6 aromatic carbocycles. The van der Waals surface area contributed by atoms with Crippen LogP contribution in [0, 0.1) is 45.3 Å². The van der Waals surface area contributed by atoms with Crippen molar-refractivity contribution in [1.29, 1.82) is 21.0 Å². The van der Waals surface area contributed by atoms with Gasteiger partial charge in [0, 0.05) is 21.5 Å². The maximum absolute atomic E-state index is 11.0. The molecule has 2 aromatic heterocycles. The van der Waals surface area contributed by atoms with E-state index < -0.39 is 0 Å². The van der Waals surface area contributed by atoms with Gasteiger partial charge in [-0.2, -0.15) is 21.0 Å². The summed E-state index contributed by atoms with van der Waals surface area (Å²) in [5.74, 6) is 0. The first-order valence-corrected chi connectivity index (χ1v) is 14.6. The minimum atomic E-state index is 0.442. The molecule has 0 amide bonds. The number of rotatable bonds is 3. The van der Waals surface area contributed by atoms with Crippen LogP contribution in [0.15, 0.2) is 121 Å². The molecule has 0 saturated heterocycles. The summed E-state index contributed by atoms with van der Waals surface area (Å²) in [6.45, 7) is 0. The Hall–Kier alpha value is -7.12. The van der Waals surface area contributed by atoms with Crippen LogP contribution in [0.25, 0.3) is 66.1 Å². The second kappa shape index (κ2) is 10.3. The normalized spacial score (nSPS) is 11.0. The van der Waals surface area contributed by atoms with Crippen LogP contribution in [-0.4, -0.2) is 9.13 Å². The molecule has 6 nitrogen and oxygen atoms in total. The first-order valence-electron chi connectivity index (χ1n) is 14.6. The summed E-state index contributed by atoms with van der Waals surface area (Å²) >= 11 is 0. The van der Waals surface area contributed by atoms with E-state index >= 15 is 0 Å². The number of benzene rings is 6. The Morgan fingerprint density at radius 3 is 1.39 bits per heavy atom. The molecule has 2 heterocycles. The van der Waals surface area contributed by atoms with E-state index in [9.17, 15) is 21.0 Å². The summed E-state index contributed by atoms with van der Waals surface area (Å²) in [6.07, 6.45) is 0. The Balaban J connectivity index is 1.58. The lowest BCUT2D eigenvalue weighted by molar-refractivity contribution is 1.12. The smallest absolute Gasteiger partial charge is 0.104 e. The van der Waals surface area contributed by atoms with Crippen molar-refractivity contribution in [1.82, 2.24) is 9.13 Å². The average molecular weight is 585 g/mol. The lowest BCUT2D eigenvalue weighted by atomic mass is 9.96. The molecule has 0 spiro atoms. The molecule has 8 aromatic rings. The van der Waals surface area contributed by atoms with Crippen LogP contribution in [-0.2, 0) is 0 Å². The highest BCUT2D eigenvalue weighted by Gasteiger charge is 2.23. The van der Waals surface area contributed by atoms with Gasteiger partial charge in [0.15, 0.2) is 0 Å². The molecule has 210 valence electrons. The zero-order valence-electron chi connectivity index (χ0n) is 24.2. The van der Waals surface area contributed by atoms with Crippen LogP contribution < -0.4 is 0 Å². The largest absolute Gasteiger partial charge is 0.308 e. The second-order valence-electron chi connectivity index (χ2n) is 11.1. The number of nitriles is 4. The minimum Gasteiger partial charge on any atom is -0.308 e. The van der Waals surface area contributed by atoms with Gasteiger partial charge in [0.2, 0.25) is 0 Å². The molecule has 0 unspecified atom stereocenters. The predicted octanol–water partition coefficient (Wildman–Crippen LogP) is 9.03. The van der Waals surface area contributed by atoms with Gasteiger partial charge in [0.25, 0.3) is 0 Å². The fourth-order valence-electron chi connectivity index (χ4n) is 6.67. The third kappa shape index (κ3) is 3.79. The fraction of sp³-hybridized carbons (Fsp3) is 0. The zero-order chi connectivity index (χ0) is 31.4. The van der Waals surface area contributed by atoms with Crippen molar-refractivity contribution in [3.05, 3.63) is 144 Å². The molecule has 0 radical (unpaired) electrons. The van der Waals surface area contributed by atoms with Gasteiger partial charge in [-0.25, -0.2) is 0 Å². The Bertz CT molecular complexity index is 2600. The molecule has 0 saturated carbocycles. The van der Waals surface area contributed by atoms with Gasteiger partial charge < -0.3 is 9.13 Å². The molecule has 0 aliphatic rings. The highest BCUT2D eigenvalue weighted by molar-refractivity contribution is 6.11. The topological polar surface area (TPSA) is 105 Å². The lowest BCUT2D eigenvalue weighted by Crippen LogP contribution is -2.05. The fourth-order valence-corrected chi connectivity index (χ4v) is 6.67. The number of hydrogen-bond acceptors (Lipinski definition) is 4. The number of fused-ring (bicyclic) bond motifs is 6. The van der Waals surface area contributed by atoms with Gasteiger partial charge in [-0.05, 0) is 77.9 Å². The first-order chi connectivity index (χ1) is 22.6. The molecule has 0 fully saturated rings. The molecular weight excluding hydrogens is 564 g/mol. The lowest BCUT2D eigenvalue weighted by Gasteiger charge is -2.18. The Morgan fingerprint density at radius 1 is 0.413 bits per heavy atom. The SMILES string of the molecule is N#Cc1ccc2c(c1)c1ccccc1n2-c1cc(-c2ccccc2C#N)cc(-n2c3ccccc3c3cc(C#N)ccc32)c1C#N. The van der Waals surface area contributed by atoms with Gasteiger partial charge >= 0.3 is 0 Å². The maximum atomic E-state index is 11.0. The van der Waals surface area contributed by atoms with Crippen LogP contribution >= 0.6 is 0 Å². The van der Waals surface area contributed by atoms with Gasteiger partial charge in [-0.3, -0.25) is 0 Å². The van der Waals surface area contributed by atoms with E-state index in [-0.39, 0.29) is 0 Å². The van der Waals surface area contributed by atoms with Crippen molar-refractivity contribution in [2.24, 2.45) is 0 Å². The van der Waals surface area contributed by atoms with Gasteiger partial charge in [0.05, 0.1) is 68.3 Å². The molecule has 0 aliphatic heterocycles. The highest BCUT2D eigenvalue weighted by Crippen LogP contribution is 2.40. The third-order valence-electron chi connectivity index (χ3n) is 8.65. The molecular formula is C40H20N6. The van der Waals surface area contributed by atoms with E-state index in [0.717, 1.165) is 54.7 Å². The van der Waals surface area contributed by atoms with Crippen LogP contribution in [0.3, 0.4) is 0 Å². The number of nitrogens with zero attached hydrogens (tertiary/aromatic N) is 6. The Kier molecular flexibility index (Phi) is 5.91. The van der Waals surface area contributed by atoms with Crippen LogP contribution in [0.5, 0.6) is 0 Å². The van der Waals surface area contributed by atoms with E-state index in [4.69, 9.17) is 0 Å². The van der Waals surface area contributed by atoms with E-state index in [1.54, 1.807) is 18.2 Å². The first kappa shape index (κ1) is 26.5. The van der Waals surface area contributed by atoms with Crippen molar-refractivity contribution in [2.75, 3.05) is 0 Å². The van der Waals surface area contributed by atoms with Crippen molar-refractivity contribution in [3.63, 3.8) is 0 Å². The predicted molar refractivity (Wildman–Crippen MR) is 179 cm³/mol. The highest BCUT2D eigenvalue weighted by atomic mass is 15.0. The summed E-state index contributed by atoms with van der Waals surface area (Å²) < 4.78 is 4.15. The average Bonchev–Trinajstić information content (AvgIpc) is 3.62. The van der Waals surface area contributed by atoms with Gasteiger partial charge in [-0.1, -0.05) is 54.6 Å². The maximum Gasteiger partial charge on any atom is 0.104 e. The van der Waals surface area contributed by atoms with Crippen LogP contribution in [0.2, 0.25) is 0 Å². The number of aromatic nitrogens is 2. The van der Waals surface area contributed by atoms with Crippen LogP contribution in [0.1, 0.15) is 22.3 Å². The summed E-state index contributed by atoms with van der Waals surface area (Å²) in [4.78, 5) is 0. The van der Waals surface area contributed by atoms with E-state index in [1.807, 2.05) is 103 Å². The molecule has 0 atom stereocenters.